The molecule has 0 aliphatic carbocycles. The zero-order valence-corrected chi connectivity index (χ0v) is 18.1. The Morgan fingerprint density at radius 1 is 0.710 bits per heavy atom. The lowest BCUT2D eigenvalue weighted by Gasteiger charge is -2.18. The first-order valence-electron chi connectivity index (χ1n) is 9.52. The first-order chi connectivity index (χ1) is 14.9. The molecule has 0 N–H and O–H groups in total. The number of furan rings is 2. The Bertz CT molecular complexity index is 1270. The van der Waals surface area contributed by atoms with Crippen LogP contribution in [-0.4, -0.2) is 21.4 Å². The van der Waals surface area contributed by atoms with Crippen LogP contribution in [-0.2, 0) is 32.5 Å². The Balaban J connectivity index is 1.72. The van der Waals surface area contributed by atoms with Crippen LogP contribution >= 0.6 is 0 Å². The van der Waals surface area contributed by atoms with Crippen LogP contribution in [0, 0.1) is 0 Å². The molecule has 0 spiro atoms. The van der Waals surface area contributed by atoms with E-state index in [4.69, 9.17) is 8.83 Å². The van der Waals surface area contributed by atoms with E-state index >= 15 is 0 Å². The first-order valence-corrected chi connectivity index (χ1v) is 12.6. The molecule has 0 fully saturated rings. The van der Waals surface area contributed by atoms with Gasteiger partial charge >= 0.3 is 0 Å². The average molecular weight is 457 g/mol. The molecule has 0 amide bonds. The van der Waals surface area contributed by atoms with E-state index < -0.39 is 24.3 Å². The molecule has 6 nitrogen and oxygen atoms in total. The molecular weight excluding hydrogens is 436 g/mol. The van der Waals surface area contributed by atoms with E-state index in [2.05, 4.69) is 0 Å². The van der Waals surface area contributed by atoms with Crippen LogP contribution in [0.2, 0.25) is 0 Å². The third-order valence-corrected chi connectivity index (χ3v) is 10.0. The molecule has 4 aromatic rings. The topological polar surface area (TPSA) is 94.6 Å². The minimum absolute atomic E-state index is 0.0402. The summed E-state index contributed by atoms with van der Waals surface area (Å²) in [5.41, 5.74) is 1.38. The van der Waals surface area contributed by atoms with Crippen LogP contribution in [0.25, 0.3) is 0 Å². The molecule has 0 aliphatic rings. The van der Waals surface area contributed by atoms with E-state index in [1.54, 1.807) is 61.1 Å². The van der Waals surface area contributed by atoms with Gasteiger partial charge in [0.15, 0.2) is 24.3 Å². The van der Waals surface area contributed by atoms with Crippen LogP contribution < -0.4 is 0 Å². The highest BCUT2D eigenvalue weighted by Gasteiger charge is 2.40. The van der Waals surface area contributed by atoms with Gasteiger partial charge in [-0.1, -0.05) is 36.4 Å². The second kappa shape index (κ2) is 8.56. The van der Waals surface area contributed by atoms with Gasteiger partial charge < -0.3 is 8.83 Å². The fourth-order valence-corrected chi connectivity index (χ4v) is 7.83. The second-order valence-electron chi connectivity index (χ2n) is 7.08. The lowest BCUT2D eigenvalue weighted by Crippen LogP contribution is -2.32. The lowest BCUT2D eigenvalue weighted by atomic mass is 10.2. The summed E-state index contributed by atoms with van der Waals surface area (Å²) in [5.74, 6) is 0.587. The van der Waals surface area contributed by atoms with Gasteiger partial charge in [0.1, 0.15) is 5.76 Å². The SMILES string of the molecule is O=S(=O)(c1ccccc1)C(Cc1coc(Cc2ccoc2)c1)S(=O)(=O)c1ccccc1. The quantitative estimate of drug-likeness (QED) is 0.393. The van der Waals surface area contributed by atoms with Gasteiger partial charge in [-0.25, -0.2) is 16.8 Å². The zero-order chi connectivity index (χ0) is 21.9. The zero-order valence-electron chi connectivity index (χ0n) is 16.4. The van der Waals surface area contributed by atoms with Crippen molar-refractivity contribution in [2.75, 3.05) is 0 Å². The summed E-state index contributed by atoms with van der Waals surface area (Å²) < 4.78 is 62.5. The summed E-state index contributed by atoms with van der Waals surface area (Å²) in [6.07, 6.45) is 4.77. The van der Waals surface area contributed by atoms with E-state index in [0.29, 0.717) is 17.7 Å². The van der Waals surface area contributed by atoms with Crippen molar-refractivity contribution in [1.82, 2.24) is 0 Å². The largest absolute Gasteiger partial charge is 0.472 e. The normalized spacial score (nSPS) is 12.3. The van der Waals surface area contributed by atoms with Crippen molar-refractivity contribution in [3.05, 3.63) is 108 Å². The fraction of sp³-hybridized carbons (Fsp3) is 0.130. The van der Waals surface area contributed by atoms with Crippen LogP contribution in [0.4, 0.5) is 0 Å². The molecule has 0 atom stereocenters. The van der Waals surface area contributed by atoms with Gasteiger partial charge in [-0.15, -0.1) is 0 Å². The highest BCUT2D eigenvalue weighted by molar-refractivity contribution is 8.09. The number of rotatable bonds is 8. The highest BCUT2D eigenvalue weighted by Crippen LogP contribution is 2.29. The molecule has 31 heavy (non-hydrogen) atoms. The van der Waals surface area contributed by atoms with Crippen molar-refractivity contribution in [1.29, 1.82) is 0 Å². The van der Waals surface area contributed by atoms with Crippen molar-refractivity contribution in [3.8, 4) is 0 Å². The van der Waals surface area contributed by atoms with E-state index in [1.165, 1.54) is 30.5 Å². The average Bonchev–Trinajstić information content (AvgIpc) is 3.45. The number of benzene rings is 2. The predicted molar refractivity (Wildman–Crippen MR) is 115 cm³/mol. The summed E-state index contributed by atoms with van der Waals surface area (Å²) >= 11 is 0. The van der Waals surface area contributed by atoms with Crippen molar-refractivity contribution in [3.63, 3.8) is 0 Å². The van der Waals surface area contributed by atoms with E-state index in [0.717, 1.165) is 5.56 Å². The van der Waals surface area contributed by atoms with Crippen LogP contribution in [0.3, 0.4) is 0 Å². The van der Waals surface area contributed by atoms with Crippen LogP contribution in [0.15, 0.2) is 110 Å². The summed E-state index contributed by atoms with van der Waals surface area (Å²) in [6.45, 7) is 0. The molecule has 8 heteroatoms. The number of sulfone groups is 2. The molecule has 0 radical (unpaired) electrons. The molecule has 2 heterocycles. The molecule has 2 aromatic heterocycles. The summed E-state index contributed by atoms with van der Waals surface area (Å²) in [4.78, 5) is -0.0803. The Labute approximate surface area is 181 Å². The van der Waals surface area contributed by atoms with Gasteiger partial charge in [0, 0.05) is 12.8 Å². The van der Waals surface area contributed by atoms with Gasteiger partial charge in [-0.2, -0.15) is 0 Å². The van der Waals surface area contributed by atoms with E-state index in [1.807, 2.05) is 0 Å². The minimum atomic E-state index is -4.19. The molecule has 0 unspecified atom stereocenters. The molecular formula is C23H20O6S2. The Hall–Kier alpha value is -3.10. The third kappa shape index (κ3) is 4.50. The second-order valence-corrected chi connectivity index (χ2v) is 11.6. The van der Waals surface area contributed by atoms with Gasteiger partial charge in [0.25, 0.3) is 0 Å². The molecule has 0 saturated heterocycles. The maximum atomic E-state index is 13.4. The fourth-order valence-electron chi connectivity index (χ4n) is 3.32. The monoisotopic (exact) mass is 456 g/mol. The summed E-state index contributed by atoms with van der Waals surface area (Å²) in [7, 11) is -8.38. The van der Waals surface area contributed by atoms with E-state index in [-0.39, 0.29) is 16.2 Å². The third-order valence-electron chi connectivity index (χ3n) is 4.90. The summed E-state index contributed by atoms with van der Waals surface area (Å²) in [5, 5.41) is 0. The predicted octanol–water partition coefficient (Wildman–Crippen LogP) is 4.28. The van der Waals surface area contributed by atoms with E-state index in [9.17, 15) is 16.8 Å². The van der Waals surface area contributed by atoms with Crippen molar-refractivity contribution >= 4 is 19.7 Å². The van der Waals surface area contributed by atoms with Crippen LogP contribution in [0.1, 0.15) is 16.9 Å². The molecule has 0 bridgehead atoms. The molecule has 160 valence electrons. The Morgan fingerprint density at radius 2 is 1.29 bits per heavy atom. The van der Waals surface area contributed by atoms with Gasteiger partial charge in [0.05, 0.1) is 28.6 Å². The smallest absolute Gasteiger partial charge is 0.196 e. The minimum Gasteiger partial charge on any atom is -0.472 e. The van der Waals surface area contributed by atoms with Crippen molar-refractivity contribution < 1.29 is 25.7 Å². The summed E-state index contributed by atoms with van der Waals surface area (Å²) in [6, 6.07) is 18.7. The standard InChI is InChI=1S/C23H20O6S2/c24-30(25,21-7-3-1-4-8-21)23(31(26,27)22-9-5-2-6-10-22)15-19-14-20(29-17-19)13-18-11-12-28-16-18/h1-12,14,16-17,23H,13,15H2. The van der Waals surface area contributed by atoms with Crippen molar-refractivity contribution in [2.45, 2.75) is 27.2 Å². The lowest BCUT2D eigenvalue weighted by molar-refractivity contribution is 0.515. The van der Waals surface area contributed by atoms with Gasteiger partial charge in [0.2, 0.25) is 0 Å². The van der Waals surface area contributed by atoms with Crippen LogP contribution in [0.5, 0.6) is 0 Å². The number of hydrogen-bond acceptors (Lipinski definition) is 6. The maximum Gasteiger partial charge on any atom is 0.196 e. The Morgan fingerprint density at radius 3 is 1.81 bits per heavy atom. The highest BCUT2D eigenvalue weighted by atomic mass is 32.3. The maximum absolute atomic E-state index is 13.4. The van der Waals surface area contributed by atoms with Gasteiger partial charge in [-0.3, -0.25) is 0 Å². The molecule has 4 rings (SSSR count). The molecule has 2 aromatic carbocycles. The number of hydrogen-bond donors (Lipinski definition) is 0. The van der Waals surface area contributed by atoms with Crippen molar-refractivity contribution in [2.24, 2.45) is 0 Å². The molecule has 0 saturated carbocycles. The first kappa shape index (κ1) is 21.1. The van der Waals surface area contributed by atoms with Gasteiger partial charge in [-0.05, 0) is 47.5 Å². The molecule has 0 aliphatic heterocycles. The Kier molecular flexibility index (Phi) is 5.84.